The molecule has 0 saturated carbocycles. The first kappa shape index (κ1) is 13.6. The average molecular weight is 308 g/mol. The van der Waals surface area contributed by atoms with E-state index in [0.717, 1.165) is 11.1 Å². The summed E-state index contributed by atoms with van der Waals surface area (Å²) in [6.45, 7) is 0.617. The van der Waals surface area contributed by atoms with Crippen LogP contribution in [0.5, 0.6) is 0 Å². The van der Waals surface area contributed by atoms with Gasteiger partial charge in [0.05, 0.1) is 10.6 Å². The highest BCUT2D eigenvalue weighted by Gasteiger charge is 2.33. The molecule has 3 nitrogen and oxygen atoms in total. The molecule has 0 radical (unpaired) electrons. The fourth-order valence-electron chi connectivity index (χ4n) is 2.46. The molecule has 20 heavy (non-hydrogen) atoms. The molecule has 1 unspecified atom stereocenters. The molecule has 104 valence electrons. The summed E-state index contributed by atoms with van der Waals surface area (Å²) in [7, 11) is -3.15. The smallest absolute Gasteiger partial charge is 0.180 e. The summed E-state index contributed by atoms with van der Waals surface area (Å²) in [5.41, 5.74) is 1.94. The zero-order valence-corrected chi connectivity index (χ0v) is 12.3. The molecule has 3 rings (SSSR count). The first-order valence-electron chi connectivity index (χ1n) is 6.36. The van der Waals surface area contributed by atoms with Crippen LogP contribution in [0.25, 0.3) is 0 Å². The molecule has 1 atom stereocenters. The van der Waals surface area contributed by atoms with Crippen molar-refractivity contribution >= 4 is 21.4 Å². The number of rotatable bonds is 3. The number of hydrogen-bond donors (Lipinski definition) is 1. The largest absolute Gasteiger partial charge is 0.305 e. The van der Waals surface area contributed by atoms with Crippen LogP contribution in [0, 0.1) is 0 Å². The van der Waals surface area contributed by atoms with E-state index in [0.29, 0.717) is 16.5 Å². The van der Waals surface area contributed by atoms with Crippen LogP contribution in [0.4, 0.5) is 0 Å². The van der Waals surface area contributed by atoms with Crippen LogP contribution in [0.15, 0.2) is 53.4 Å². The molecule has 0 amide bonds. The molecule has 0 spiro atoms. The van der Waals surface area contributed by atoms with E-state index in [-0.39, 0.29) is 11.8 Å². The minimum absolute atomic E-state index is 0.125. The highest BCUT2D eigenvalue weighted by molar-refractivity contribution is 7.91. The van der Waals surface area contributed by atoms with Crippen molar-refractivity contribution in [1.82, 2.24) is 5.32 Å². The van der Waals surface area contributed by atoms with E-state index in [4.69, 9.17) is 11.6 Å². The summed E-state index contributed by atoms with van der Waals surface area (Å²) >= 11 is 5.84. The van der Waals surface area contributed by atoms with Crippen molar-refractivity contribution in [1.29, 1.82) is 0 Å². The van der Waals surface area contributed by atoms with Gasteiger partial charge in [-0.25, -0.2) is 8.42 Å². The van der Waals surface area contributed by atoms with E-state index >= 15 is 0 Å². The molecule has 1 N–H and O–H groups in total. The number of fused-ring (bicyclic) bond motifs is 1. The first-order chi connectivity index (χ1) is 9.56. The van der Waals surface area contributed by atoms with E-state index < -0.39 is 9.84 Å². The molecule has 1 aliphatic rings. The Labute approximate surface area is 123 Å². The van der Waals surface area contributed by atoms with Crippen LogP contribution in [0.1, 0.15) is 17.2 Å². The van der Waals surface area contributed by atoms with E-state index in [9.17, 15) is 8.42 Å². The van der Waals surface area contributed by atoms with E-state index in [2.05, 4.69) is 5.32 Å². The molecule has 1 heterocycles. The fourth-order valence-corrected chi connectivity index (χ4v) is 4.36. The summed E-state index contributed by atoms with van der Waals surface area (Å²) in [5, 5.41) is 4.00. The lowest BCUT2D eigenvalue weighted by Crippen LogP contribution is -2.22. The third kappa shape index (κ3) is 2.59. The SMILES string of the molecule is O=S1(=O)CC(NCc2ccc(Cl)cc2)c2ccccc21. The number of halogens is 1. The lowest BCUT2D eigenvalue weighted by Gasteiger charge is -2.12. The number of hydrogen-bond acceptors (Lipinski definition) is 3. The highest BCUT2D eigenvalue weighted by atomic mass is 35.5. The Morgan fingerprint density at radius 1 is 1.10 bits per heavy atom. The van der Waals surface area contributed by atoms with Gasteiger partial charge in [0, 0.05) is 17.6 Å². The zero-order chi connectivity index (χ0) is 14.2. The molecule has 1 aliphatic heterocycles. The van der Waals surface area contributed by atoms with E-state index in [1.165, 1.54) is 0 Å². The molecule has 0 bridgehead atoms. The standard InChI is InChI=1S/C15H14ClNO2S/c16-12-7-5-11(6-8-12)9-17-14-10-20(18,19)15-4-2-1-3-13(14)15/h1-8,14,17H,9-10H2. The van der Waals surface area contributed by atoms with Crippen molar-refractivity contribution in [3.8, 4) is 0 Å². The van der Waals surface area contributed by atoms with Crippen molar-refractivity contribution in [2.24, 2.45) is 0 Å². The van der Waals surface area contributed by atoms with Crippen LogP contribution in [-0.2, 0) is 16.4 Å². The molecule has 0 saturated heterocycles. The lowest BCUT2D eigenvalue weighted by atomic mass is 10.1. The van der Waals surface area contributed by atoms with Gasteiger partial charge >= 0.3 is 0 Å². The Hall–Kier alpha value is -1.36. The van der Waals surface area contributed by atoms with E-state index in [1.807, 2.05) is 36.4 Å². The van der Waals surface area contributed by atoms with Crippen LogP contribution in [-0.4, -0.2) is 14.2 Å². The fraction of sp³-hybridized carbons (Fsp3) is 0.200. The predicted octanol–water partition coefficient (Wildman–Crippen LogP) is 2.96. The summed E-state index contributed by atoms with van der Waals surface area (Å²) in [6, 6.07) is 14.6. The quantitative estimate of drug-likeness (QED) is 0.948. The second kappa shape index (κ2) is 5.20. The van der Waals surface area contributed by atoms with Crippen molar-refractivity contribution in [2.45, 2.75) is 17.5 Å². The Morgan fingerprint density at radius 2 is 1.80 bits per heavy atom. The summed E-state index contributed by atoms with van der Waals surface area (Å²) in [6.07, 6.45) is 0. The van der Waals surface area contributed by atoms with Gasteiger partial charge in [-0.15, -0.1) is 0 Å². The number of nitrogens with one attached hydrogen (secondary N) is 1. The van der Waals surface area contributed by atoms with Crippen LogP contribution >= 0.6 is 11.6 Å². The Kier molecular flexibility index (Phi) is 3.54. The molecule has 0 aromatic heterocycles. The van der Waals surface area contributed by atoms with Gasteiger partial charge in [-0.3, -0.25) is 0 Å². The Bertz CT molecular complexity index is 726. The van der Waals surface area contributed by atoms with Crippen molar-refractivity contribution < 1.29 is 8.42 Å². The topological polar surface area (TPSA) is 46.2 Å². The lowest BCUT2D eigenvalue weighted by molar-refractivity contribution is 0.566. The third-order valence-electron chi connectivity index (χ3n) is 3.48. The molecule has 0 aliphatic carbocycles. The Morgan fingerprint density at radius 3 is 2.55 bits per heavy atom. The third-order valence-corrected chi connectivity index (χ3v) is 5.55. The van der Waals surface area contributed by atoms with Crippen molar-refractivity contribution in [3.63, 3.8) is 0 Å². The predicted molar refractivity (Wildman–Crippen MR) is 79.5 cm³/mol. The zero-order valence-electron chi connectivity index (χ0n) is 10.7. The van der Waals surface area contributed by atoms with Gasteiger partial charge in [-0.05, 0) is 29.3 Å². The maximum Gasteiger partial charge on any atom is 0.180 e. The molecular weight excluding hydrogens is 294 g/mol. The van der Waals surface area contributed by atoms with Gasteiger partial charge in [0.2, 0.25) is 0 Å². The Balaban J connectivity index is 1.78. The van der Waals surface area contributed by atoms with Gasteiger partial charge in [0.15, 0.2) is 9.84 Å². The first-order valence-corrected chi connectivity index (χ1v) is 8.39. The van der Waals surface area contributed by atoms with Gasteiger partial charge in [0.1, 0.15) is 0 Å². The van der Waals surface area contributed by atoms with Gasteiger partial charge in [-0.2, -0.15) is 0 Å². The molecular formula is C15H14ClNO2S. The van der Waals surface area contributed by atoms with Crippen LogP contribution in [0.2, 0.25) is 5.02 Å². The minimum Gasteiger partial charge on any atom is -0.305 e. The van der Waals surface area contributed by atoms with Crippen molar-refractivity contribution in [2.75, 3.05) is 5.75 Å². The second-order valence-electron chi connectivity index (χ2n) is 4.88. The van der Waals surface area contributed by atoms with Crippen LogP contribution < -0.4 is 5.32 Å². The van der Waals surface area contributed by atoms with Gasteiger partial charge in [-0.1, -0.05) is 41.9 Å². The number of sulfone groups is 1. The maximum atomic E-state index is 12.1. The molecule has 0 fully saturated rings. The van der Waals surface area contributed by atoms with E-state index in [1.54, 1.807) is 12.1 Å². The normalized spacial score (nSPS) is 19.8. The van der Waals surface area contributed by atoms with Gasteiger partial charge < -0.3 is 5.32 Å². The van der Waals surface area contributed by atoms with Gasteiger partial charge in [0.25, 0.3) is 0 Å². The minimum atomic E-state index is -3.15. The molecule has 2 aromatic rings. The summed E-state index contributed by atoms with van der Waals surface area (Å²) < 4.78 is 24.1. The summed E-state index contributed by atoms with van der Waals surface area (Å²) in [4.78, 5) is 0.452. The molecule has 5 heteroatoms. The highest BCUT2D eigenvalue weighted by Crippen LogP contribution is 2.33. The van der Waals surface area contributed by atoms with Crippen molar-refractivity contribution in [3.05, 3.63) is 64.7 Å². The second-order valence-corrected chi connectivity index (χ2v) is 7.32. The summed E-state index contributed by atoms with van der Waals surface area (Å²) in [5.74, 6) is 0.125. The van der Waals surface area contributed by atoms with Crippen LogP contribution in [0.3, 0.4) is 0 Å². The monoisotopic (exact) mass is 307 g/mol. The average Bonchev–Trinajstić information content (AvgIpc) is 2.70. The number of benzene rings is 2. The maximum absolute atomic E-state index is 12.1. The molecule has 2 aromatic carbocycles.